The summed E-state index contributed by atoms with van der Waals surface area (Å²) in [5.41, 5.74) is 10.8. The second kappa shape index (κ2) is 11.8. The Labute approximate surface area is 217 Å². The van der Waals surface area contributed by atoms with Gasteiger partial charge in [-0.2, -0.15) is 9.98 Å². The van der Waals surface area contributed by atoms with Crippen molar-refractivity contribution in [3.05, 3.63) is 52.8 Å². The van der Waals surface area contributed by atoms with Crippen LogP contribution in [-0.2, 0) is 21.0 Å². The van der Waals surface area contributed by atoms with Crippen LogP contribution in [0.1, 0.15) is 29.4 Å². The fourth-order valence-electron chi connectivity index (χ4n) is 3.57. The minimum atomic E-state index is -5.16. The molecular formula is C22H26FN4O7PS2. The van der Waals surface area contributed by atoms with Gasteiger partial charge in [-0.25, -0.2) is 12.8 Å². The number of nitrogens with one attached hydrogen (secondary N) is 1. The summed E-state index contributed by atoms with van der Waals surface area (Å²) < 4.78 is 67.0. The lowest BCUT2D eigenvalue weighted by atomic mass is 10.1. The molecule has 0 amide bonds. The number of fused-ring (bicyclic) bond motifs is 1. The Hall–Kier alpha value is -2.60. The first kappa shape index (κ1) is 29.0. The zero-order chi connectivity index (χ0) is 27.4. The molecule has 0 radical (unpaired) electrons. The molecule has 0 aliphatic heterocycles. The Balaban J connectivity index is 2.12. The molecule has 3 rings (SSSR count). The molecule has 1 atom stereocenters. The lowest BCUT2D eigenvalue weighted by Crippen LogP contribution is -2.29. The van der Waals surface area contributed by atoms with E-state index in [0.29, 0.717) is 27.1 Å². The van der Waals surface area contributed by atoms with Gasteiger partial charge >= 0.3 is 7.60 Å². The topological polar surface area (TPSA) is 198 Å². The highest BCUT2D eigenvalue weighted by atomic mass is 32.2. The van der Waals surface area contributed by atoms with Crippen molar-refractivity contribution in [3.8, 4) is 17.6 Å². The van der Waals surface area contributed by atoms with Crippen molar-refractivity contribution in [3.63, 3.8) is 0 Å². The molecule has 1 unspecified atom stereocenters. The average Bonchev–Trinajstić information content (AvgIpc) is 3.22. The van der Waals surface area contributed by atoms with Crippen molar-refractivity contribution in [1.82, 2.24) is 4.72 Å². The maximum absolute atomic E-state index is 14.2. The van der Waals surface area contributed by atoms with Crippen LogP contribution in [-0.4, -0.2) is 44.5 Å². The van der Waals surface area contributed by atoms with E-state index in [0.717, 1.165) is 29.5 Å². The molecule has 0 fully saturated rings. The van der Waals surface area contributed by atoms with Crippen LogP contribution in [0.2, 0.25) is 0 Å². The van der Waals surface area contributed by atoms with Gasteiger partial charge in [-0.1, -0.05) is 13.0 Å². The second-order valence-electron chi connectivity index (χ2n) is 7.76. The smallest absolute Gasteiger partial charge is 0.347 e. The van der Waals surface area contributed by atoms with Gasteiger partial charge in [0, 0.05) is 29.2 Å². The Bertz CT molecular complexity index is 1480. The number of hydrogen-bond donors (Lipinski definition) is 5. The van der Waals surface area contributed by atoms with Crippen molar-refractivity contribution in [2.45, 2.75) is 23.3 Å². The first-order chi connectivity index (χ1) is 17.5. The minimum absolute atomic E-state index is 0.168. The minimum Gasteiger partial charge on any atom is -0.488 e. The molecule has 7 N–H and O–H groups in total. The van der Waals surface area contributed by atoms with Crippen LogP contribution in [0.15, 0.2) is 34.5 Å². The average molecular weight is 573 g/mol. The van der Waals surface area contributed by atoms with Crippen molar-refractivity contribution >= 4 is 39.0 Å². The number of benzene rings is 2. The molecule has 3 aromatic rings. The van der Waals surface area contributed by atoms with E-state index in [1.54, 1.807) is 25.1 Å². The molecule has 0 saturated carbocycles. The van der Waals surface area contributed by atoms with Gasteiger partial charge in [-0.15, -0.1) is 11.3 Å². The standard InChI is InChI=1S/C22H26FN4O7PS2/c1-2-15-16-10-18(33-7-5-24)19(34-8-6-25)11-20(16)36-22(15)37(31,32)27-21(35(28,29)30)13-3-4-14(12-26)17(23)9-13/h3-4,9-11,21,27H,2,5-8,24-25H2,1H3,(H2,28,29,30). The molecule has 0 aliphatic rings. The van der Waals surface area contributed by atoms with E-state index in [9.17, 15) is 27.2 Å². The first-order valence-electron chi connectivity index (χ1n) is 11.0. The summed E-state index contributed by atoms with van der Waals surface area (Å²) >= 11 is 0.881. The van der Waals surface area contributed by atoms with Gasteiger partial charge in [0.1, 0.15) is 35.1 Å². The van der Waals surface area contributed by atoms with Crippen molar-refractivity contribution < 1.29 is 36.6 Å². The third-order valence-electron chi connectivity index (χ3n) is 5.20. The Kier molecular flexibility index (Phi) is 9.27. The van der Waals surface area contributed by atoms with Crippen molar-refractivity contribution in [2.75, 3.05) is 26.3 Å². The number of nitrogens with zero attached hydrogens (tertiary/aromatic N) is 1. The molecule has 0 bridgehead atoms. The monoisotopic (exact) mass is 572 g/mol. The summed E-state index contributed by atoms with van der Waals surface area (Å²) in [5.74, 6) is -2.43. The highest BCUT2D eigenvalue weighted by Gasteiger charge is 2.37. The zero-order valence-corrected chi connectivity index (χ0v) is 22.2. The summed E-state index contributed by atoms with van der Waals surface area (Å²) in [4.78, 5) is 19.8. The van der Waals surface area contributed by atoms with Gasteiger partial charge in [-0.3, -0.25) is 4.57 Å². The van der Waals surface area contributed by atoms with E-state index in [1.807, 2.05) is 4.72 Å². The molecule has 0 spiro atoms. The SMILES string of the molecule is CCc1c(S(=O)(=O)NC(c2ccc(C#N)c(F)c2)P(=O)(O)O)sc2cc(OCCN)c(OCCN)cc12. The summed E-state index contributed by atoms with van der Waals surface area (Å²) in [6, 6.07) is 7.66. The number of nitriles is 1. The van der Waals surface area contributed by atoms with Gasteiger partial charge in [0.25, 0.3) is 10.0 Å². The van der Waals surface area contributed by atoms with E-state index < -0.39 is 29.2 Å². The summed E-state index contributed by atoms with van der Waals surface area (Å²) in [7, 11) is -9.67. The zero-order valence-electron chi connectivity index (χ0n) is 19.7. The highest BCUT2D eigenvalue weighted by Crippen LogP contribution is 2.51. The summed E-state index contributed by atoms with van der Waals surface area (Å²) in [6.07, 6.45) is 0.266. The number of nitrogens with two attached hydrogens (primary N) is 2. The molecule has 37 heavy (non-hydrogen) atoms. The van der Waals surface area contributed by atoms with Gasteiger partial charge in [0.05, 0.1) is 5.56 Å². The summed E-state index contributed by atoms with van der Waals surface area (Å²) in [5, 5.41) is 9.47. The molecule has 1 aromatic heterocycles. The Morgan fingerprint density at radius 3 is 2.30 bits per heavy atom. The number of aryl methyl sites for hydroxylation is 1. The maximum atomic E-state index is 14.2. The molecule has 0 aliphatic carbocycles. The second-order valence-corrected chi connectivity index (χ2v) is 12.4. The molecule has 0 saturated heterocycles. The van der Waals surface area contributed by atoms with Crippen LogP contribution in [0.4, 0.5) is 4.39 Å². The third kappa shape index (κ3) is 6.46. The fraction of sp³-hybridized carbons (Fsp3) is 0.318. The van der Waals surface area contributed by atoms with E-state index >= 15 is 0 Å². The lowest BCUT2D eigenvalue weighted by molar-refractivity contribution is 0.278. The predicted molar refractivity (Wildman–Crippen MR) is 137 cm³/mol. The highest BCUT2D eigenvalue weighted by molar-refractivity contribution is 7.92. The number of sulfonamides is 1. The number of ether oxygens (including phenoxy) is 2. The van der Waals surface area contributed by atoms with Crippen LogP contribution in [0.5, 0.6) is 11.5 Å². The van der Waals surface area contributed by atoms with E-state index in [2.05, 4.69) is 0 Å². The van der Waals surface area contributed by atoms with Crippen LogP contribution >= 0.6 is 18.9 Å². The molecule has 2 aromatic carbocycles. The predicted octanol–water partition coefficient (Wildman–Crippen LogP) is 2.30. The molecule has 1 heterocycles. The maximum Gasteiger partial charge on any atom is 0.347 e. The molecule has 15 heteroatoms. The lowest BCUT2D eigenvalue weighted by Gasteiger charge is -2.20. The van der Waals surface area contributed by atoms with E-state index in [-0.39, 0.29) is 48.1 Å². The number of halogens is 1. The van der Waals surface area contributed by atoms with Crippen molar-refractivity contribution in [2.24, 2.45) is 11.5 Å². The number of hydrogen-bond acceptors (Lipinski definition) is 9. The quantitative estimate of drug-likeness (QED) is 0.201. The van der Waals surface area contributed by atoms with Gasteiger partial charge in [0.15, 0.2) is 11.5 Å². The van der Waals surface area contributed by atoms with Crippen LogP contribution in [0.25, 0.3) is 10.1 Å². The fourth-order valence-corrected chi connectivity index (χ4v) is 8.09. The Morgan fingerprint density at radius 1 is 1.16 bits per heavy atom. The van der Waals surface area contributed by atoms with E-state index in [1.165, 1.54) is 0 Å². The molecule has 11 nitrogen and oxygen atoms in total. The molecule has 200 valence electrons. The van der Waals surface area contributed by atoms with Gasteiger partial charge < -0.3 is 30.7 Å². The number of rotatable bonds is 12. The first-order valence-corrected chi connectivity index (χ1v) is 15.0. The normalized spacial score (nSPS) is 12.9. The molecular weight excluding hydrogens is 546 g/mol. The van der Waals surface area contributed by atoms with E-state index in [4.69, 9.17) is 26.2 Å². The van der Waals surface area contributed by atoms with Crippen LogP contribution in [0.3, 0.4) is 0 Å². The third-order valence-corrected chi connectivity index (χ3v) is 9.65. The Morgan fingerprint density at radius 2 is 1.78 bits per heavy atom. The number of thiophene rings is 1. The summed E-state index contributed by atoms with van der Waals surface area (Å²) in [6.45, 7) is 2.59. The van der Waals surface area contributed by atoms with Gasteiger partial charge in [0.2, 0.25) is 0 Å². The van der Waals surface area contributed by atoms with Crippen molar-refractivity contribution in [1.29, 1.82) is 5.26 Å². The largest absolute Gasteiger partial charge is 0.488 e. The van der Waals surface area contributed by atoms with Crippen LogP contribution in [0, 0.1) is 17.1 Å². The van der Waals surface area contributed by atoms with Gasteiger partial charge in [-0.05, 0) is 35.7 Å². The van der Waals surface area contributed by atoms with Crippen LogP contribution < -0.4 is 25.7 Å².